The minimum Gasteiger partial charge on any atom is -0.375 e. The summed E-state index contributed by atoms with van der Waals surface area (Å²) in [6.07, 6.45) is 2.00. The van der Waals surface area contributed by atoms with Gasteiger partial charge in [-0.1, -0.05) is 18.2 Å². The number of nitrogens with one attached hydrogen (secondary N) is 1. The van der Waals surface area contributed by atoms with Crippen LogP contribution >= 0.6 is 0 Å². The number of benzene rings is 2. The van der Waals surface area contributed by atoms with Crippen molar-refractivity contribution in [1.29, 1.82) is 0 Å². The van der Waals surface area contributed by atoms with Crippen LogP contribution in [0, 0.1) is 0 Å². The van der Waals surface area contributed by atoms with Gasteiger partial charge in [0.2, 0.25) is 10.0 Å². The number of nitrogens with zero attached hydrogens (tertiary/aromatic N) is 2. The maximum absolute atomic E-state index is 12.3. The number of sulfonamides is 1. The molecule has 2 rings (SSSR count). The topological polar surface area (TPSA) is 69.7 Å². The summed E-state index contributed by atoms with van der Waals surface area (Å²) in [6.45, 7) is 3.53. The predicted octanol–water partition coefficient (Wildman–Crippen LogP) is 2.73. The molecule has 0 spiro atoms. The third-order valence-corrected chi connectivity index (χ3v) is 5.53. The minimum atomic E-state index is -3.32. The van der Waals surface area contributed by atoms with E-state index in [9.17, 15) is 13.2 Å². The van der Waals surface area contributed by atoms with Crippen LogP contribution in [0.2, 0.25) is 0 Å². The SMILES string of the molecule is CCN(c1ccc(C(=O)NCCCN(C)c2ccccc2)cc1)S(C)(=O)=O. The fraction of sp³-hybridized carbons (Fsp3) is 0.350. The first-order valence-electron chi connectivity index (χ1n) is 8.95. The molecular formula is C20H27N3O3S. The van der Waals surface area contributed by atoms with Crippen LogP contribution in [0.1, 0.15) is 23.7 Å². The lowest BCUT2D eigenvalue weighted by Gasteiger charge is -2.20. The molecule has 0 aliphatic heterocycles. The third kappa shape index (κ3) is 5.99. The smallest absolute Gasteiger partial charge is 0.251 e. The van der Waals surface area contributed by atoms with Crippen LogP contribution in [0.4, 0.5) is 11.4 Å². The van der Waals surface area contributed by atoms with Gasteiger partial charge in [0.25, 0.3) is 5.91 Å². The van der Waals surface area contributed by atoms with E-state index in [0.29, 0.717) is 24.3 Å². The number of para-hydroxylation sites is 1. The van der Waals surface area contributed by atoms with E-state index in [1.54, 1.807) is 31.2 Å². The molecule has 27 heavy (non-hydrogen) atoms. The molecule has 1 amide bonds. The van der Waals surface area contributed by atoms with Gasteiger partial charge in [-0.05, 0) is 49.7 Å². The zero-order valence-corrected chi connectivity index (χ0v) is 16.9. The van der Waals surface area contributed by atoms with Gasteiger partial charge in [-0.2, -0.15) is 0 Å². The normalized spacial score (nSPS) is 11.1. The van der Waals surface area contributed by atoms with Crippen molar-refractivity contribution >= 4 is 27.3 Å². The molecule has 0 aliphatic carbocycles. The number of rotatable bonds is 9. The summed E-state index contributed by atoms with van der Waals surface area (Å²) in [5.41, 5.74) is 2.21. The Morgan fingerprint density at radius 2 is 1.63 bits per heavy atom. The lowest BCUT2D eigenvalue weighted by Crippen LogP contribution is -2.30. The lowest BCUT2D eigenvalue weighted by molar-refractivity contribution is 0.0953. The van der Waals surface area contributed by atoms with E-state index in [0.717, 1.165) is 18.7 Å². The maximum atomic E-state index is 12.3. The van der Waals surface area contributed by atoms with Crippen LogP contribution in [-0.4, -0.2) is 47.3 Å². The molecule has 0 saturated heterocycles. The highest BCUT2D eigenvalue weighted by atomic mass is 32.2. The van der Waals surface area contributed by atoms with Crippen molar-refractivity contribution in [2.75, 3.05) is 42.1 Å². The molecule has 7 heteroatoms. The second kappa shape index (κ2) is 9.41. The zero-order valence-electron chi connectivity index (χ0n) is 16.1. The van der Waals surface area contributed by atoms with Crippen molar-refractivity contribution in [2.45, 2.75) is 13.3 Å². The van der Waals surface area contributed by atoms with E-state index in [-0.39, 0.29) is 5.91 Å². The quantitative estimate of drug-likeness (QED) is 0.670. The van der Waals surface area contributed by atoms with Crippen molar-refractivity contribution < 1.29 is 13.2 Å². The Kier molecular flexibility index (Phi) is 7.24. The minimum absolute atomic E-state index is 0.161. The van der Waals surface area contributed by atoms with Gasteiger partial charge in [-0.25, -0.2) is 8.42 Å². The summed E-state index contributed by atoms with van der Waals surface area (Å²) >= 11 is 0. The summed E-state index contributed by atoms with van der Waals surface area (Å²) < 4.78 is 24.8. The highest BCUT2D eigenvalue weighted by molar-refractivity contribution is 7.92. The molecule has 0 radical (unpaired) electrons. The highest BCUT2D eigenvalue weighted by Crippen LogP contribution is 2.18. The van der Waals surface area contributed by atoms with Gasteiger partial charge in [0.15, 0.2) is 0 Å². The summed E-state index contributed by atoms with van der Waals surface area (Å²) in [5, 5.41) is 2.90. The Labute approximate surface area is 161 Å². The van der Waals surface area contributed by atoms with Crippen LogP contribution in [-0.2, 0) is 10.0 Å². The third-order valence-electron chi connectivity index (χ3n) is 4.26. The highest BCUT2D eigenvalue weighted by Gasteiger charge is 2.15. The van der Waals surface area contributed by atoms with Gasteiger partial charge in [0.1, 0.15) is 0 Å². The Morgan fingerprint density at radius 3 is 2.19 bits per heavy atom. The zero-order chi connectivity index (χ0) is 19.9. The molecule has 2 aromatic carbocycles. The lowest BCUT2D eigenvalue weighted by atomic mass is 10.2. The van der Waals surface area contributed by atoms with Gasteiger partial charge >= 0.3 is 0 Å². The molecule has 0 aromatic heterocycles. The van der Waals surface area contributed by atoms with Crippen LogP contribution in [0.5, 0.6) is 0 Å². The van der Waals surface area contributed by atoms with Gasteiger partial charge in [-0.15, -0.1) is 0 Å². The average molecular weight is 390 g/mol. The van der Waals surface area contributed by atoms with Crippen molar-refractivity contribution in [2.24, 2.45) is 0 Å². The standard InChI is InChI=1S/C20H27N3O3S/c1-4-23(27(3,25)26)19-13-11-17(12-14-19)20(24)21-15-8-16-22(2)18-9-6-5-7-10-18/h5-7,9-14H,4,8,15-16H2,1-3H3,(H,21,24). The molecular weight excluding hydrogens is 362 g/mol. The molecule has 6 nitrogen and oxygen atoms in total. The number of carbonyl (C=O) groups is 1. The molecule has 0 fully saturated rings. The Morgan fingerprint density at radius 1 is 1.00 bits per heavy atom. The van der Waals surface area contributed by atoms with Gasteiger partial charge < -0.3 is 10.2 Å². The van der Waals surface area contributed by atoms with Crippen LogP contribution in [0.25, 0.3) is 0 Å². The first kappa shape index (κ1) is 20.8. The second-order valence-corrected chi connectivity index (χ2v) is 8.25. The van der Waals surface area contributed by atoms with E-state index in [1.807, 2.05) is 25.2 Å². The van der Waals surface area contributed by atoms with E-state index >= 15 is 0 Å². The van der Waals surface area contributed by atoms with Gasteiger partial charge in [0, 0.05) is 37.9 Å². The van der Waals surface area contributed by atoms with Crippen molar-refractivity contribution in [1.82, 2.24) is 5.32 Å². The summed E-state index contributed by atoms with van der Waals surface area (Å²) in [5.74, 6) is -0.161. The van der Waals surface area contributed by atoms with Gasteiger partial charge in [-0.3, -0.25) is 9.10 Å². The molecule has 146 valence electrons. The molecule has 0 unspecified atom stereocenters. The number of carbonyl (C=O) groups excluding carboxylic acids is 1. The second-order valence-electron chi connectivity index (χ2n) is 6.34. The Balaban J connectivity index is 1.84. The first-order chi connectivity index (χ1) is 12.8. The summed E-state index contributed by atoms with van der Waals surface area (Å²) in [4.78, 5) is 14.4. The number of amides is 1. The molecule has 0 aliphatic rings. The monoisotopic (exact) mass is 389 g/mol. The fourth-order valence-electron chi connectivity index (χ4n) is 2.82. The van der Waals surface area contributed by atoms with Crippen LogP contribution in [0.15, 0.2) is 54.6 Å². The van der Waals surface area contributed by atoms with E-state index in [4.69, 9.17) is 0 Å². The van der Waals surface area contributed by atoms with Crippen molar-refractivity contribution in [3.63, 3.8) is 0 Å². The summed E-state index contributed by atoms with van der Waals surface area (Å²) in [7, 11) is -1.30. The number of hydrogen-bond acceptors (Lipinski definition) is 4. The Hall–Kier alpha value is -2.54. The maximum Gasteiger partial charge on any atom is 0.251 e. The van der Waals surface area contributed by atoms with E-state index in [1.165, 1.54) is 10.6 Å². The first-order valence-corrected chi connectivity index (χ1v) is 10.8. The summed E-state index contributed by atoms with van der Waals surface area (Å²) in [6, 6.07) is 16.7. The number of hydrogen-bond donors (Lipinski definition) is 1. The molecule has 0 saturated carbocycles. The average Bonchev–Trinajstić information content (AvgIpc) is 2.65. The Bertz CT molecular complexity index is 837. The van der Waals surface area contributed by atoms with Crippen molar-refractivity contribution in [3.05, 3.63) is 60.2 Å². The van der Waals surface area contributed by atoms with Crippen LogP contribution in [0.3, 0.4) is 0 Å². The molecule has 0 bridgehead atoms. The fourth-order valence-corrected chi connectivity index (χ4v) is 3.79. The van der Waals surface area contributed by atoms with Crippen molar-refractivity contribution in [3.8, 4) is 0 Å². The van der Waals surface area contributed by atoms with E-state index in [2.05, 4.69) is 22.3 Å². The number of anilines is 2. The molecule has 1 N–H and O–H groups in total. The molecule has 2 aromatic rings. The molecule has 0 atom stereocenters. The molecule has 0 heterocycles. The van der Waals surface area contributed by atoms with Gasteiger partial charge in [0.05, 0.1) is 11.9 Å². The van der Waals surface area contributed by atoms with Crippen LogP contribution < -0.4 is 14.5 Å². The van der Waals surface area contributed by atoms with E-state index < -0.39 is 10.0 Å². The largest absolute Gasteiger partial charge is 0.375 e. The predicted molar refractivity (Wildman–Crippen MR) is 111 cm³/mol.